The van der Waals surface area contributed by atoms with Crippen molar-refractivity contribution in [1.82, 2.24) is 4.98 Å². The van der Waals surface area contributed by atoms with Crippen molar-refractivity contribution in [3.05, 3.63) is 65.0 Å². The van der Waals surface area contributed by atoms with Crippen LogP contribution in [0.3, 0.4) is 0 Å². The molecular formula is C15H12F2N4. The Hall–Kier alpha value is -2.63. The number of benzene rings is 1. The molecule has 1 aliphatic rings. The van der Waals surface area contributed by atoms with E-state index in [9.17, 15) is 8.78 Å². The second-order valence-electron chi connectivity index (χ2n) is 4.76. The summed E-state index contributed by atoms with van der Waals surface area (Å²) in [5.74, 6) is -0.832. The van der Waals surface area contributed by atoms with Gasteiger partial charge in [0.15, 0.2) is 5.82 Å². The minimum Gasteiger partial charge on any atom is -0.382 e. The van der Waals surface area contributed by atoms with E-state index < -0.39 is 11.6 Å². The third-order valence-electron chi connectivity index (χ3n) is 3.32. The summed E-state index contributed by atoms with van der Waals surface area (Å²) in [6, 6.07) is 5.61. The van der Waals surface area contributed by atoms with Crippen molar-refractivity contribution < 1.29 is 8.78 Å². The van der Waals surface area contributed by atoms with E-state index in [1.54, 1.807) is 12.3 Å². The number of nitrogens with zero attached hydrogens (tertiary/aromatic N) is 3. The van der Waals surface area contributed by atoms with Crippen molar-refractivity contribution >= 4 is 11.5 Å². The lowest BCUT2D eigenvalue weighted by molar-refractivity contribution is 0.560. The normalized spacial score (nSPS) is 13.5. The van der Waals surface area contributed by atoms with Crippen LogP contribution < -0.4 is 5.73 Å². The van der Waals surface area contributed by atoms with E-state index in [1.807, 2.05) is 0 Å². The molecule has 2 N–H and O–H groups in total. The molecule has 0 unspecified atom stereocenters. The minimum atomic E-state index is -0.563. The Kier molecular flexibility index (Phi) is 3.43. The number of allylic oxidation sites excluding steroid dienone is 1. The van der Waals surface area contributed by atoms with Gasteiger partial charge in [0.1, 0.15) is 17.3 Å². The number of hydrogen-bond acceptors (Lipinski definition) is 4. The lowest BCUT2D eigenvalue weighted by Crippen LogP contribution is -2.01. The monoisotopic (exact) mass is 286 g/mol. The van der Waals surface area contributed by atoms with E-state index in [4.69, 9.17) is 5.73 Å². The summed E-state index contributed by atoms with van der Waals surface area (Å²) < 4.78 is 27.4. The van der Waals surface area contributed by atoms with E-state index in [1.165, 1.54) is 24.4 Å². The zero-order valence-corrected chi connectivity index (χ0v) is 11.1. The number of fused-ring (bicyclic) bond motifs is 1. The van der Waals surface area contributed by atoms with Crippen LogP contribution in [0.15, 0.2) is 52.5 Å². The maximum absolute atomic E-state index is 13.7. The Balaban J connectivity index is 1.92. The average molecular weight is 286 g/mol. The fourth-order valence-electron chi connectivity index (χ4n) is 2.27. The molecule has 0 fully saturated rings. The van der Waals surface area contributed by atoms with Crippen molar-refractivity contribution in [3.63, 3.8) is 0 Å². The van der Waals surface area contributed by atoms with Gasteiger partial charge < -0.3 is 5.73 Å². The highest BCUT2D eigenvalue weighted by molar-refractivity contribution is 5.62. The minimum absolute atomic E-state index is 0.0319. The lowest BCUT2D eigenvalue weighted by atomic mass is 9.98. The highest BCUT2D eigenvalue weighted by atomic mass is 19.1. The number of hydrogen-bond donors (Lipinski definition) is 1. The third-order valence-corrected chi connectivity index (χ3v) is 3.32. The largest absolute Gasteiger partial charge is 0.382 e. The molecule has 1 aromatic carbocycles. The van der Waals surface area contributed by atoms with Crippen molar-refractivity contribution in [3.8, 4) is 0 Å². The van der Waals surface area contributed by atoms with Gasteiger partial charge >= 0.3 is 0 Å². The number of pyridine rings is 1. The van der Waals surface area contributed by atoms with E-state index in [0.29, 0.717) is 17.9 Å². The van der Waals surface area contributed by atoms with Crippen molar-refractivity contribution in [2.75, 3.05) is 5.73 Å². The second kappa shape index (κ2) is 5.40. The first-order chi connectivity index (χ1) is 10.1. The summed E-state index contributed by atoms with van der Waals surface area (Å²) in [4.78, 5) is 3.95. The summed E-state index contributed by atoms with van der Waals surface area (Å²) in [6.07, 6.45) is 3.71. The third kappa shape index (κ3) is 2.65. The molecule has 0 aliphatic carbocycles. The van der Waals surface area contributed by atoms with Gasteiger partial charge in [0, 0.05) is 24.4 Å². The van der Waals surface area contributed by atoms with Crippen LogP contribution in [-0.4, -0.2) is 4.98 Å². The maximum atomic E-state index is 13.7. The number of azo groups is 1. The molecule has 0 radical (unpaired) electrons. The molecule has 0 atom stereocenters. The number of aromatic nitrogens is 1. The van der Waals surface area contributed by atoms with Crippen LogP contribution in [0.5, 0.6) is 0 Å². The Morgan fingerprint density at radius 1 is 1.14 bits per heavy atom. The topological polar surface area (TPSA) is 63.6 Å². The Bertz CT molecular complexity index is 733. The van der Waals surface area contributed by atoms with Gasteiger partial charge in [0.25, 0.3) is 0 Å². The maximum Gasteiger partial charge on any atom is 0.151 e. The average Bonchev–Trinajstić information content (AvgIpc) is 2.66. The summed E-state index contributed by atoms with van der Waals surface area (Å²) in [6.45, 7) is 0. The molecule has 0 saturated carbocycles. The van der Waals surface area contributed by atoms with Crippen LogP contribution in [0.1, 0.15) is 11.1 Å². The molecule has 0 spiro atoms. The molecule has 2 aromatic rings. The van der Waals surface area contributed by atoms with Crippen LogP contribution in [-0.2, 0) is 12.8 Å². The zero-order valence-electron chi connectivity index (χ0n) is 11.1. The van der Waals surface area contributed by atoms with Crippen LogP contribution in [0.25, 0.3) is 0 Å². The molecule has 106 valence electrons. The summed E-state index contributed by atoms with van der Waals surface area (Å²) >= 11 is 0. The van der Waals surface area contributed by atoms with Crippen LogP contribution in [0.4, 0.5) is 20.3 Å². The van der Waals surface area contributed by atoms with E-state index >= 15 is 0 Å². The first-order valence-corrected chi connectivity index (χ1v) is 6.40. The second-order valence-corrected chi connectivity index (χ2v) is 4.76. The number of anilines is 1. The quantitative estimate of drug-likeness (QED) is 0.914. The predicted molar refractivity (Wildman–Crippen MR) is 75.0 cm³/mol. The zero-order chi connectivity index (χ0) is 14.8. The molecule has 3 rings (SSSR count). The molecule has 0 amide bonds. The molecule has 1 aromatic heterocycles. The van der Waals surface area contributed by atoms with Gasteiger partial charge in [-0.15, -0.1) is 5.11 Å². The molecule has 21 heavy (non-hydrogen) atoms. The fourth-order valence-corrected chi connectivity index (χ4v) is 2.27. The first-order valence-electron chi connectivity index (χ1n) is 6.40. The summed E-state index contributed by atoms with van der Waals surface area (Å²) in [5, 5.41) is 7.90. The Labute approximate surface area is 120 Å². The molecule has 2 heterocycles. The lowest BCUT2D eigenvalue weighted by Gasteiger charge is -2.09. The molecular weight excluding hydrogens is 274 g/mol. The SMILES string of the molecule is Nc1nccc2c1N=NC=C(Cc1c(F)cccc1F)C2. The van der Waals surface area contributed by atoms with Gasteiger partial charge in [-0.05, 0) is 35.8 Å². The van der Waals surface area contributed by atoms with Crippen LogP contribution >= 0.6 is 0 Å². The van der Waals surface area contributed by atoms with Gasteiger partial charge in [-0.1, -0.05) is 6.07 Å². The van der Waals surface area contributed by atoms with Crippen molar-refractivity contribution in [2.45, 2.75) is 12.8 Å². The van der Waals surface area contributed by atoms with E-state index in [0.717, 1.165) is 11.1 Å². The van der Waals surface area contributed by atoms with Crippen molar-refractivity contribution in [2.24, 2.45) is 10.2 Å². The van der Waals surface area contributed by atoms with Gasteiger partial charge in [0.05, 0.1) is 0 Å². The van der Waals surface area contributed by atoms with Gasteiger partial charge in [-0.25, -0.2) is 13.8 Å². The van der Waals surface area contributed by atoms with Gasteiger partial charge in [-0.3, -0.25) is 0 Å². The molecule has 0 bridgehead atoms. The molecule has 6 heteroatoms. The summed E-state index contributed by atoms with van der Waals surface area (Å²) in [7, 11) is 0. The van der Waals surface area contributed by atoms with E-state index in [-0.39, 0.29) is 12.0 Å². The number of rotatable bonds is 2. The Morgan fingerprint density at radius 2 is 1.90 bits per heavy atom. The van der Waals surface area contributed by atoms with E-state index in [2.05, 4.69) is 15.2 Å². The number of nitrogens with two attached hydrogens (primary N) is 1. The molecule has 0 saturated heterocycles. The Morgan fingerprint density at radius 3 is 2.67 bits per heavy atom. The highest BCUT2D eigenvalue weighted by Crippen LogP contribution is 2.31. The predicted octanol–water partition coefficient (Wildman–Crippen LogP) is 3.71. The summed E-state index contributed by atoms with van der Waals surface area (Å²) in [5.41, 5.74) is 7.89. The van der Waals surface area contributed by atoms with Crippen LogP contribution in [0, 0.1) is 11.6 Å². The van der Waals surface area contributed by atoms with Gasteiger partial charge in [-0.2, -0.15) is 5.11 Å². The molecule has 1 aliphatic heterocycles. The fraction of sp³-hybridized carbons (Fsp3) is 0.133. The van der Waals surface area contributed by atoms with Crippen molar-refractivity contribution in [1.29, 1.82) is 0 Å². The standard InChI is InChI=1S/C15H12F2N4/c16-12-2-1-3-13(17)11(12)7-9-6-10-4-5-19-15(18)14(10)21-20-8-9/h1-5,8H,6-7H2,(H2,18,19). The number of halogens is 2. The van der Waals surface area contributed by atoms with Crippen LogP contribution in [0.2, 0.25) is 0 Å². The van der Waals surface area contributed by atoms with Gasteiger partial charge in [0.2, 0.25) is 0 Å². The molecule has 4 nitrogen and oxygen atoms in total. The smallest absolute Gasteiger partial charge is 0.151 e. The highest BCUT2D eigenvalue weighted by Gasteiger charge is 2.15. The first kappa shape index (κ1) is 13.4. The number of nitrogen functional groups attached to an aromatic ring is 1.